The molecule has 23 heavy (non-hydrogen) atoms. The molecule has 6 nitrogen and oxygen atoms in total. The third-order valence-corrected chi connectivity index (χ3v) is 4.95. The van der Waals surface area contributed by atoms with Crippen LogP contribution in [0.1, 0.15) is 23.2 Å². The van der Waals surface area contributed by atoms with Crippen LogP contribution in [0.25, 0.3) is 0 Å². The van der Waals surface area contributed by atoms with Crippen LogP contribution in [0.15, 0.2) is 40.8 Å². The minimum atomic E-state index is -1.57. The molecule has 8 heteroatoms. The molecule has 1 aromatic carbocycles. The second kappa shape index (κ2) is 7.43. The third-order valence-electron chi connectivity index (χ3n) is 3.05. The first-order chi connectivity index (χ1) is 10.9. The molecule has 0 aliphatic rings. The SMILES string of the molecule is CC(C(=O)Nc1ccccc1Cl)S(=O)Cc1ccc(C(=O)O)o1. The van der Waals surface area contributed by atoms with Gasteiger partial charge in [0.05, 0.1) is 16.5 Å². The number of carbonyl (C=O) groups is 2. The maximum absolute atomic E-state index is 12.2. The van der Waals surface area contributed by atoms with E-state index in [1.54, 1.807) is 24.3 Å². The zero-order chi connectivity index (χ0) is 17.0. The minimum Gasteiger partial charge on any atom is -0.475 e. The number of amides is 1. The number of benzene rings is 1. The molecule has 0 bridgehead atoms. The van der Waals surface area contributed by atoms with Crippen LogP contribution < -0.4 is 5.32 Å². The Morgan fingerprint density at radius 2 is 2.00 bits per heavy atom. The van der Waals surface area contributed by atoms with Crippen LogP contribution in [-0.2, 0) is 21.3 Å². The molecule has 0 saturated carbocycles. The standard InChI is InChI=1S/C15H14ClNO5S/c1-9(14(18)17-12-5-3-2-4-11(12)16)23(21)8-10-6-7-13(22-10)15(19)20/h2-7,9H,8H2,1H3,(H,17,18)(H,19,20). The number of anilines is 1. The largest absolute Gasteiger partial charge is 0.475 e. The van der Waals surface area contributed by atoms with Crippen molar-refractivity contribution in [2.45, 2.75) is 17.9 Å². The smallest absolute Gasteiger partial charge is 0.371 e. The van der Waals surface area contributed by atoms with Crippen molar-refractivity contribution < 1.29 is 23.3 Å². The van der Waals surface area contributed by atoms with E-state index >= 15 is 0 Å². The van der Waals surface area contributed by atoms with Gasteiger partial charge in [0.2, 0.25) is 11.7 Å². The summed E-state index contributed by atoms with van der Waals surface area (Å²) < 4.78 is 17.3. The van der Waals surface area contributed by atoms with Gasteiger partial charge < -0.3 is 14.8 Å². The van der Waals surface area contributed by atoms with E-state index in [2.05, 4.69) is 5.32 Å². The monoisotopic (exact) mass is 355 g/mol. The first kappa shape index (κ1) is 17.2. The van der Waals surface area contributed by atoms with Gasteiger partial charge >= 0.3 is 5.97 Å². The number of halogens is 1. The second-order valence-corrected chi connectivity index (χ2v) is 6.87. The van der Waals surface area contributed by atoms with Crippen molar-refractivity contribution in [3.8, 4) is 0 Å². The van der Waals surface area contributed by atoms with Gasteiger partial charge in [-0.15, -0.1) is 0 Å². The topological polar surface area (TPSA) is 96.6 Å². The van der Waals surface area contributed by atoms with Crippen LogP contribution in [0.3, 0.4) is 0 Å². The number of nitrogens with one attached hydrogen (secondary N) is 1. The fourth-order valence-electron chi connectivity index (χ4n) is 1.75. The zero-order valence-electron chi connectivity index (χ0n) is 12.1. The lowest BCUT2D eigenvalue weighted by Crippen LogP contribution is -2.29. The average molecular weight is 356 g/mol. The van der Waals surface area contributed by atoms with Crippen LogP contribution in [0.4, 0.5) is 5.69 Å². The Morgan fingerprint density at radius 3 is 2.61 bits per heavy atom. The quantitative estimate of drug-likeness (QED) is 0.830. The molecule has 0 radical (unpaired) electrons. The van der Waals surface area contributed by atoms with Gasteiger partial charge in [-0.3, -0.25) is 9.00 Å². The highest BCUT2D eigenvalue weighted by molar-refractivity contribution is 7.85. The van der Waals surface area contributed by atoms with Gasteiger partial charge in [0, 0.05) is 10.8 Å². The molecule has 0 fully saturated rings. The number of furan rings is 1. The highest BCUT2D eigenvalue weighted by Gasteiger charge is 2.22. The Morgan fingerprint density at radius 1 is 1.30 bits per heavy atom. The molecule has 2 aromatic rings. The van der Waals surface area contributed by atoms with Crippen molar-refractivity contribution in [1.82, 2.24) is 0 Å². The summed E-state index contributed by atoms with van der Waals surface area (Å²) in [6.45, 7) is 1.52. The normalized spacial score (nSPS) is 13.3. The Kier molecular flexibility index (Phi) is 5.57. The van der Waals surface area contributed by atoms with Gasteiger partial charge in [-0.05, 0) is 31.2 Å². The molecule has 2 N–H and O–H groups in total. The number of carboxylic acids is 1. The zero-order valence-corrected chi connectivity index (χ0v) is 13.7. The molecule has 0 aliphatic carbocycles. The van der Waals surface area contributed by atoms with Crippen molar-refractivity contribution in [2.24, 2.45) is 0 Å². The lowest BCUT2D eigenvalue weighted by Gasteiger charge is -2.12. The van der Waals surface area contributed by atoms with E-state index in [1.807, 2.05) is 0 Å². The minimum absolute atomic E-state index is 0.0512. The van der Waals surface area contributed by atoms with Crippen LogP contribution in [0.5, 0.6) is 0 Å². The fourth-order valence-corrected chi connectivity index (χ4v) is 2.92. The van der Waals surface area contributed by atoms with E-state index in [0.717, 1.165) is 0 Å². The summed E-state index contributed by atoms with van der Waals surface area (Å²) in [5.41, 5.74) is 0.439. The van der Waals surface area contributed by atoms with Crippen LogP contribution in [0.2, 0.25) is 5.02 Å². The van der Waals surface area contributed by atoms with E-state index in [9.17, 15) is 13.8 Å². The van der Waals surface area contributed by atoms with Crippen molar-refractivity contribution in [2.75, 3.05) is 5.32 Å². The van der Waals surface area contributed by atoms with Gasteiger partial charge in [0.1, 0.15) is 11.0 Å². The van der Waals surface area contributed by atoms with E-state index in [0.29, 0.717) is 10.7 Å². The summed E-state index contributed by atoms with van der Waals surface area (Å²) in [4.78, 5) is 22.9. The van der Waals surface area contributed by atoms with Gasteiger partial charge in [-0.25, -0.2) is 4.79 Å². The van der Waals surface area contributed by atoms with Crippen molar-refractivity contribution >= 4 is 40.0 Å². The van der Waals surface area contributed by atoms with Crippen molar-refractivity contribution in [3.05, 3.63) is 52.9 Å². The number of carbonyl (C=O) groups excluding carboxylic acids is 1. The van der Waals surface area contributed by atoms with Gasteiger partial charge in [0.15, 0.2) is 0 Å². The van der Waals surface area contributed by atoms with E-state index in [1.165, 1.54) is 19.1 Å². The molecule has 122 valence electrons. The maximum atomic E-state index is 12.2. The Bertz CT molecular complexity index is 758. The highest BCUT2D eigenvalue weighted by Crippen LogP contribution is 2.21. The number of hydrogen-bond donors (Lipinski definition) is 2. The maximum Gasteiger partial charge on any atom is 0.371 e. The number of para-hydroxylation sites is 1. The third kappa shape index (κ3) is 4.43. The number of carboxylic acid groups (broad SMARTS) is 1. The first-order valence-corrected chi connectivity index (χ1v) is 8.39. The summed E-state index contributed by atoms with van der Waals surface area (Å²) in [6.07, 6.45) is 0. The number of rotatable bonds is 6. The average Bonchev–Trinajstić information content (AvgIpc) is 2.97. The molecule has 2 unspecified atom stereocenters. The van der Waals surface area contributed by atoms with Crippen molar-refractivity contribution in [3.63, 3.8) is 0 Å². The highest BCUT2D eigenvalue weighted by atomic mass is 35.5. The summed E-state index contributed by atoms with van der Waals surface area (Å²) in [6, 6.07) is 9.44. The Balaban J connectivity index is 1.99. The van der Waals surface area contributed by atoms with Crippen molar-refractivity contribution in [1.29, 1.82) is 0 Å². The lowest BCUT2D eigenvalue weighted by atomic mass is 10.3. The molecule has 1 amide bonds. The van der Waals surface area contributed by atoms with Crippen LogP contribution in [-0.4, -0.2) is 26.4 Å². The molecule has 0 saturated heterocycles. The number of aromatic carboxylic acids is 1. The second-order valence-electron chi connectivity index (χ2n) is 4.71. The van der Waals surface area contributed by atoms with Crippen LogP contribution >= 0.6 is 11.6 Å². The molecule has 2 rings (SSSR count). The summed E-state index contributed by atoms with van der Waals surface area (Å²) in [5.74, 6) is -1.68. The molecule has 1 aromatic heterocycles. The molecule has 1 heterocycles. The summed E-state index contributed by atoms with van der Waals surface area (Å²) >= 11 is 5.95. The summed E-state index contributed by atoms with van der Waals surface area (Å²) in [5, 5.41) is 11.0. The van der Waals surface area contributed by atoms with E-state index in [-0.39, 0.29) is 17.3 Å². The molecule has 0 aliphatic heterocycles. The first-order valence-electron chi connectivity index (χ1n) is 6.63. The van der Waals surface area contributed by atoms with Gasteiger partial charge in [0.25, 0.3) is 0 Å². The molecular formula is C15H14ClNO5S. The molecule has 0 spiro atoms. The predicted molar refractivity (Wildman–Crippen MR) is 87.1 cm³/mol. The Hall–Kier alpha value is -2.12. The molecular weight excluding hydrogens is 342 g/mol. The number of hydrogen-bond acceptors (Lipinski definition) is 4. The fraction of sp³-hybridized carbons (Fsp3) is 0.200. The van der Waals surface area contributed by atoms with Crippen LogP contribution in [0, 0.1) is 0 Å². The van der Waals surface area contributed by atoms with Gasteiger partial charge in [-0.1, -0.05) is 23.7 Å². The van der Waals surface area contributed by atoms with E-state index in [4.69, 9.17) is 21.1 Å². The lowest BCUT2D eigenvalue weighted by molar-refractivity contribution is -0.115. The Labute approximate surface area is 139 Å². The van der Waals surface area contributed by atoms with E-state index < -0.39 is 27.9 Å². The summed E-state index contributed by atoms with van der Waals surface area (Å²) in [7, 11) is -1.57. The predicted octanol–water partition coefficient (Wildman–Crippen LogP) is 2.91. The van der Waals surface area contributed by atoms with Gasteiger partial charge in [-0.2, -0.15) is 0 Å². The molecule has 2 atom stereocenters.